The monoisotopic (exact) mass is 499 g/mol. The molecule has 0 spiro atoms. The molecule has 2 aliphatic heterocycles. The highest BCUT2D eigenvalue weighted by atomic mass is 19.4. The summed E-state index contributed by atoms with van der Waals surface area (Å²) >= 11 is 0. The number of ether oxygens (including phenoxy) is 1. The maximum atomic E-state index is 15.2. The summed E-state index contributed by atoms with van der Waals surface area (Å²) in [6.45, 7) is -1.78. The van der Waals surface area contributed by atoms with Gasteiger partial charge in [-0.25, -0.2) is 8.78 Å². The number of rotatable bonds is 6. The van der Waals surface area contributed by atoms with Gasteiger partial charge in [0.25, 0.3) is 5.92 Å². The van der Waals surface area contributed by atoms with Gasteiger partial charge in [-0.1, -0.05) is 0 Å². The number of halogens is 5. The third kappa shape index (κ3) is 5.40. The van der Waals surface area contributed by atoms with Gasteiger partial charge in [-0.05, 0) is 55.7 Å². The Morgan fingerprint density at radius 1 is 1.03 bits per heavy atom. The Labute approximate surface area is 203 Å². The number of nitrogens with one attached hydrogen (secondary N) is 1. The number of hydrogen-bond acceptors (Lipinski definition) is 6. The van der Waals surface area contributed by atoms with Crippen LogP contribution in [0.4, 0.5) is 27.8 Å². The van der Waals surface area contributed by atoms with Gasteiger partial charge in [0.2, 0.25) is 0 Å². The van der Waals surface area contributed by atoms with Gasteiger partial charge in [-0.2, -0.15) is 13.2 Å². The highest BCUT2D eigenvalue weighted by Gasteiger charge is 2.46. The number of alkyl halides is 5. The fraction of sp³-hybridized carbons (Fsp3) is 0.625. The number of nitrogens with zero attached hydrogens (tertiary/aromatic N) is 4. The van der Waals surface area contributed by atoms with Crippen LogP contribution < -0.4 is 5.32 Å². The molecule has 11 heteroatoms. The van der Waals surface area contributed by atoms with Gasteiger partial charge in [0, 0.05) is 59.0 Å². The van der Waals surface area contributed by atoms with Gasteiger partial charge < -0.3 is 10.1 Å². The second-order valence-corrected chi connectivity index (χ2v) is 9.58. The van der Waals surface area contributed by atoms with Crippen LogP contribution in [0.25, 0.3) is 11.3 Å². The molecule has 2 aromatic heterocycles. The summed E-state index contributed by atoms with van der Waals surface area (Å²) in [5.74, 6) is -3.97. The fourth-order valence-corrected chi connectivity index (χ4v) is 5.48. The summed E-state index contributed by atoms with van der Waals surface area (Å²) in [4.78, 5) is 5.07. The van der Waals surface area contributed by atoms with Crippen LogP contribution in [-0.4, -0.2) is 64.8 Å². The van der Waals surface area contributed by atoms with Crippen LogP contribution in [0.2, 0.25) is 0 Å². The van der Waals surface area contributed by atoms with E-state index in [0.717, 1.165) is 18.5 Å². The Balaban J connectivity index is 1.19. The zero-order chi connectivity index (χ0) is 26.4. The highest BCUT2D eigenvalue weighted by molar-refractivity contribution is 5.63. The Bertz CT molecular complexity index is 1080. The molecule has 2 atom stereocenters. The van der Waals surface area contributed by atoms with Gasteiger partial charge >= 0.3 is 6.18 Å². The normalized spacial score (nSPS) is 27.4. The molecule has 3 aliphatic rings. The number of pyridine rings is 1. The molecular weight excluding hydrogens is 469 g/mol. The van der Waals surface area contributed by atoms with E-state index in [2.05, 4.69) is 20.5 Å². The van der Waals surface area contributed by atoms with Crippen LogP contribution in [0.5, 0.6) is 0 Å². The summed E-state index contributed by atoms with van der Waals surface area (Å²) in [7, 11) is 0. The van der Waals surface area contributed by atoms with Gasteiger partial charge in [0.15, 0.2) is 0 Å². The van der Waals surface area contributed by atoms with E-state index in [9.17, 15) is 13.2 Å². The first kappa shape index (κ1) is 21.8. The van der Waals surface area contributed by atoms with E-state index in [-0.39, 0.29) is 68.3 Å². The molecule has 4 heterocycles. The minimum Gasteiger partial charge on any atom is -0.381 e. The average molecular weight is 500 g/mol. The second kappa shape index (κ2) is 9.57. The van der Waals surface area contributed by atoms with E-state index in [1.54, 1.807) is 6.07 Å². The van der Waals surface area contributed by atoms with Crippen LogP contribution in [0.15, 0.2) is 30.6 Å². The van der Waals surface area contributed by atoms with E-state index in [1.807, 2.05) is 0 Å². The minimum absolute atomic E-state index is 0.0108. The molecule has 35 heavy (non-hydrogen) atoms. The molecule has 0 aromatic carbocycles. The predicted molar refractivity (Wildman–Crippen MR) is 119 cm³/mol. The van der Waals surface area contributed by atoms with E-state index >= 15 is 8.78 Å². The van der Waals surface area contributed by atoms with Crippen molar-refractivity contribution in [3.05, 3.63) is 36.2 Å². The quantitative estimate of drug-likeness (QED) is 0.580. The number of hydrogen-bond donors (Lipinski definition) is 1. The topological polar surface area (TPSA) is 63.2 Å². The average Bonchev–Trinajstić information content (AvgIpc) is 3.44. The van der Waals surface area contributed by atoms with Crippen molar-refractivity contribution in [2.75, 3.05) is 38.1 Å². The predicted octanol–water partition coefficient (Wildman–Crippen LogP) is 4.74. The molecule has 2 saturated heterocycles. The first-order valence-electron chi connectivity index (χ1n) is 12.8. The van der Waals surface area contributed by atoms with Crippen molar-refractivity contribution < 1.29 is 29.4 Å². The lowest BCUT2D eigenvalue weighted by Gasteiger charge is -2.33. The van der Waals surface area contributed by atoms with Gasteiger partial charge in [-0.15, -0.1) is 10.2 Å². The Kier molecular flexibility index (Phi) is 5.97. The molecule has 0 amide bonds. The third-order valence-electron chi connectivity index (χ3n) is 7.21. The van der Waals surface area contributed by atoms with Crippen molar-refractivity contribution >= 4 is 5.82 Å². The molecular formula is C24H28F5N5O. The van der Waals surface area contributed by atoms with Gasteiger partial charge in [0.1, 0.15) is 5.82 Å². The van der Waals surface area contributed by atoms with Gasteiger partial charge in [0.05, 0.1) is 17.8 Å². The summed E-state index contributed by atoms with van der Waals surface area (Å²) < 4.78 is 92.0. The van der Waals surface area contributed by atoms with Crippen molar-refractivity contribution in [2.45, 2.75) is 43.8 Å². The molecule has 1 N–H and O–H groups in total. The Morgan fingerprint density at radius 2 is 1.74 bits per heavy atom. The minimum atomic E-state index is -4.54. The molecule has 0 radical (unpaired) electrons. The van der Waals surface area contributed by atoms with E-state index in [0.29, 0.717) is 18.7 Å². The highest BCUT2D eigenvalue weighted by Crippen LogP contribution is 2.42. The van der Waals surface area contributed by atoms with Crippen molar-refractivity contribution in [2.24, 2.45) is 17.8 Å². The lowest BCUT2D eigenvalue weighted by Crippen LogP contribution is -2.43. The van der Waals surface area contributed by atoms with Crippen molar-refractivity contribution in [3.63, 3.8) is 0 Å². The molecule has 0 bridgehead atoms. The number of aromatic nitrogens is 3. The summed E-state index contributed by atoms with van der Waals surface area (Å²) in [5.41, 5.74) is -0.943. The van der Waals surface area contributed by atoms with Crippen LogP contribution in [0, 0.1) is 17.8 Å². The molecule has 190 valence electrons. The van der Waals surface area contributed by atoms with E-state index < -0.39 is 30.1 Å². The SMILES string of the molecule is [2H]C([2H])(N1CC2CC(Nc3ccc(-c4cnccc4C(F)(F)F)nn3)CC2C1)C(F)(F)C1CCOCC1. The number of anilines is 1. The lowest BCUT2D eigenvalue weighted by atomic mass is 9.92. The summed E-state index contributed by atoms with van der Waals surface area (Å²) in [6, 6.07) is 3.89. The standard InChI is InChI=1S/C24H28F5N5O/c25-23(26,17-4-7-35-8-5-17)14-34-12-15-9-18(10-16(15)13-34)31-22-2-1-21(32-33-22)19-11-30-6-3-20(19)24(27,28)29/h1-3,6,11,15-18H,4-5,7-10,12-14H2,(H,31,33)/i14D2. The maximum Gasteiger partial charge on any atom is 0.417 e. The third-order valence-corrected chi connectivity index (χ3v) is 7.21. The summed E-state index contributed by atoms with van der Waals surface area (Å²) in [6.07, 6.45) is -0.750. The second-order valence-electron chi connectivity index (χ2n) is 9.58. The first-order valence-corrected chi connectivity index (χ1v) is 11.8. The van der Waals surface area contributed by atoms with E-state index in [1.165, 1.54) is 11.0 Å². The fourth-order valence-electron chi connectivity index (χ4n) is 5.48. The molecule has 5 rings (SSSR count). The van der Waals surface area contributed by atoms with Crippen molar-refractivity contribution in [1.82, 2.24) is 20.1 Å². The van der Waals surface area contributed by atoms with Crippen LogP contribution in [-0.2, 0) is 10.9 Å². The molecule has 3 fully saturated rings. The van der Waals surface area contributed by atoms with Crippen LogP contribution in [0.3, 0.4) is 0 Å². The summed E-state index contributed by atoms with van der Waals surface area (Å²) in [5, 5.41) is 11.2. The van der Waals surface area contributed by atoms with Crippen molar-refractivity contribution in [3.8, 4) is 11.3 Å². The number of fused-ring (bicyclic) bond motifs is 1. The molecule has 2 aromatic rings. The van der Waals surface area contributed by atoms with E-state index in [4.69, 9.17) is 7.48 Å². The Morgan fingerprint density at radius 3 is 2.37 bits per heavy atom. The van der Waals surface area contributed by atoms with Crippen LogP contribution in [0.1, 0.15) is 34.0 Å². The van der Waals surface area contributed by atoms with Crippen molar-refractivity contribution in [1.29, 1.82) is 0 Å². The molecule has 1 saturated carbocycles. The number of likely N-dealkylation sites (tertiary alicyclic amines) is 1. The Hall–Kier alpha value is -2.40. The molecule has 1 aliphatic carbocycles. The lowest BCUT2D eigenvalue weighted by molar-refractivity contribution is -0.137. The zero-order valence-corrected chi connectivity index (χ0v) is 18.9. The largest absolute Gasteiger partial charge is 0.417 e. The van der Waals surface area contributed by atoms with Gasteiger partial charge in [-0.3, -0.25) is 9.88 Å². The molecule has 2 unspecified atom stereocenters. The maximum absolute atomic E-state index is 15.2. The molecule has 6 nitrogen and oxygen atoms in total. The van der Waals surface area contributed by atoms with Crippen LogP contribution >= 0.6 is 0 Å². The first-order chi connectivity index (χ1) is 17.5. The smallest absolute Gasteiger partial charge is 0.381 e. The zero-order valence-electron chi connectivity index (χ0n) is 20.9.